The maximum atomic E-state index is 8.69. The summed E-state index contributed by atoms with van der Waals surface area (Å²) >= 11 is 1.56. The van der Waals surface area contributed by atoms with Crippen LogP contribution in [0.1, 0.15) is 38.3 Å². The number of rotatable bonds is 9. The molecule has 19 heavy (non-hydrogen) atoms. The van der Waals surface area contributed by atoms with Crippen molar-refractivity contribution in [1.29, 1.82) is 0 Å². The smallest absolute Gasteiger partial charge is 0.200 e. The Labute approximate surface area is 119 Å². The molecular weight excluding hydrogens is 258 g/mol. The predicted molar refractivity (Wildman–Crippen MR) is 83.0 cm³/mol. The molecule has 0 aliphatic carbocycles. The van der Waals surface area contributed by atoms with Crippen LogP contribution in [0, 0.1) is 0 Å². The molecule has 0 aliphatic heterocycles. The summed E-state index contributed by atoms with van der Waals surface area (Å²) in [5.41, 5.74) is 0.939. The van der Waals surface area contributed by atoms with Crippen LogP contribution in [0.5, 0.6) is 0 Å². The number of hydrazine groups is 1. The van der Waals surface area contributed by atoms with Crippen LogP contribution in [-0.4, -0.2) is 23.2 Å². The van der Waals surface area contributed by atoms with E-state index in [4.69, 9.17) is 10.9 Å². The maximum Gasteiger partial charge on any atom is 0.200 e. The third-order valence-electron chi connectivity index (χ3n) is 2.63. The normalized spacial score (nSPS) is 11.7. The largest absolute Gasteiger partial charge is 0.396 e. The van der Waals surface area contributed by atoms with E-state index < -0.39 is 0 Å². The molecule has 1 aromatic rings. The van der Waals surface area contributed by atoms with E-state index >= 15 is 0 Å². The van der Waals surface area contributed by atoms with Crippen LogP contribution in [0.3, 0.4) is 0 Å². The highest BCUT2D eigenvalue weighted by Crippen LogP contribution is 2.19. The molecule has 0 atom stereocenters. The quantitative estimate of drug-likeness (QED) is 0.316. The topological polar surface area (TPSA) is 62.4 Å². The maximum absolute atomic E-state index is 8.69. The van der Waals surface area contributed by atoms with Crippen LogP contribution in [0.4, 0.5) is 5.13 Å². The number of hydrogen-bond acceptors (Lipinski definition) is 5. The molecule has 3 N–H and O–H groups in total. The van der Waals surface area contributed by atoms with E-state index in [-0.39, 0.29) is 6.61 Å². The van der Waals surface area contributed by atoms with Gasteiger partial charge in [0.15, 0.2) is 5.13 Å². The number of nitrogens with two attached hydrogens (primary N) is 1. The number of thiazole rings is 1. The first kappa shape index (κ1) is 15.9. The second kappa shape index (κ2) is 9.72. The summed E-state index contributed by atoms with van der Waals surface area (Å²) in [6, 6.07) is 0. The van der Waals surface area contributed by atoms with E-state index in [2.05, 4.69) is 4.98 Å². The first-order valence-electron chi connectivity index (χ1n) is 6.66. The van der Waals surface area contributed by atoms with Crippen molar-refractivity contribution in [3.63, 3.8) is 0 Å². The van der Waals surface area contributed by atoms with Crippen molar-refractivity contribution in [2.45, 2.75) is 32.6 Å². The van der Waals surface area contributed by atoms with Gasteiger partial charge in [-0.1, -0.05) is 31.1 Å². The Hall–Kier alpha value is -1.17. The molecule has 1 aromatic heterocycles. The van der Waals surface area contributed by atoms with Crippen molar-refractivity contribution in [2.75, 3.05) is 18.2 Å². The summed E-state index contributed by atoms with van der Waals surface area (Å²) in [6.45, 7) is 3.06. The van der Waals surface area contributed by atoms with E-state index in [1.54, 1.807) is 16.3 Å². The first-order valence-corrected chi connectivity index (χ1v) is 7.54. The Morgan fingerprint density at radius 3 is 2.84 bits per heavy atom. The van der Waals surface area contributed by atoms with Gasteiger partial charge in [0.25, 0.3) is 0 Å². The average molecular weight is 281 g/mol. The fourth-order valence-corrected chi connectivity index (χ4v) is 2.34. The van der Waals surface area contributed by atoms with Gasteiger partial charge in [0.1, 0.15) is 0 Å². The molecule has 106 valence electrons. The standard InChI is InChI=1S/C14H23N3OS/c1-2-3-6-9-13-12-19-14(16-13)17(15)10-7-4-5-8-11-18/h2-3,6,9,12,18H,4-5,7-8,10-11,15H2,1H3/b3-2-,9-6-. The molecule has 0 radical (unpaired) electrons. The van der Waals surface area contributed by atoms with Crippen molar-refractivity contribution >= 4 is 22.5 Å². The lowest BCUT2D eigenvalue weighted by Crippen LogP contribution is -2.31. The van der Waals surface area contributed by atoms with Crippen molar-refractivity contribution in [3.05, 3.63) is 29.3 Å². The molecule has 0 aliphatic rings. The van der Waals surface area contributed by atoms with Crippen LogP contribution in [0.25, 0.3) is 6.08 Å². The summed E-state index contributed by atoms with van der Waals surface area (Å²) in [4.78, 5) is 4.46. The third-order valence-corrected chi connectivity index (χ3v) is 3.53. The summed E-state index contributed by atoms with van der Waals surface area (Å²) in [5, 5.41) is 13.2. The van der Waals surface area contributed by atoms with Crippen LogP contribution in [0.2, 0.25) is 0 Å². The van der Waals surface area contributed by atoms with Gasteiger partial charge in [0, 0.05) is 18.5 Å². The Bertz CT molecular complexity index is 401. The number of aromatic nitrogens is 1. The van der Waals surface area contributed by atoms with E-state index in [0.717, 1.165) is 43.1 Å². The van der Waals surface area contributed by atoms with Crippen molar-refractivity contribution < 1.29 is 5.11 Å². The van der Waals surface area contributed by atoms with Crippen molar-refractivity contribution in [1.82, 2.24) is 4.98 Å². The highest BCUT2D eigenvalue weighted by Gasteiger charge is 2.05. The SMILES string of the molecule is C/C=C\C=C/c1csc(N(N)CCCCCCO)n1. The Balaban J connectivity index is 2.34. The van der Waals surface area contributed by atoms with E-state index in [9.17, 15) is 0 Å². The number of anilines is 1. The monoisotopic (exact) mass is 281 g/mol. The first-order chi connectivity index (χ1) is 9.27. The minimum absolute atomic E-state index is 0.278. The van der Waals surface area contributed by atoms with Gasteiger partial charge >= 0.3 is 0 Å². The van der Waals surface area contributed by atoms with Gasteiger partial charge in [-0.3, -0.25) is 5.01 Å². The van der Waals surface area contributed by atoms with Crippen LogP contribution < -0.4 is 10.9 Å². The molecule has 0 saturated carbocycles. The zero-order valence-corrected chi connectivity index (χ0v) is 12.3. The lowest BCUT2D eigenvalue weighted by molar-refractivity contribution is 0.282. The molecule has 0 amide bonds. The number of hydrogen-bond donors (Lipinski definition) is 2. The summed E-state index contributed by atoms with van der Waals surface area (Å²) in [6.07, 6.45) is 11.9. The zero-order chi connectivity index (χ0) is 13.9. The lowest BCUT2D eigenvalue weighted by atomic mass is 10.2. The second-order valence-electron chi connectivity index (χ2n) is 4.27. The van der Waals surface area contributed by atoms with Crippen LogP contribution in [0.15, 0.2) is 23.6 Å². The molecule has 4 nitrogen and oxygen atoms in total. The van der Waals surface area contributed by atoms with Crippen LogP contribution in [-0.2, 0) is 0 Å². The lowest BCUT2D eigenvalue weighted by Gasteiger charge is -2.14. The predicted octanol–water partition coefficient (Wildman–Crippen LogP) is 2.97. The van der Waals surface area contributed by atoms with Gasteiger partial charge < -0.3 is 5.11 Å². The number of aliphatic hydroxyl groups excluding tert-OH is 1. The molecule has 0 aromatic carbocycles. The molecular formula is C14H23N3OS. The average Bonchev–Trinajstić information content (AvgIpc) is 2.87. The van der Waals surface area contributed by atoms with Crippen molar-refractivity contribution in [2.24, 2.45) is 5.84 Å². The molecule has 0 bridgehead atoms. The third kappa shape index (κ3) is 6.52. The Morgan fingerprint density at radius 2 is 2.11 bits per heavy atom. The number of unbranched alkanes of at least 4 members (excludes halogenated alkanes) is 3. The fraction of sp³-hybridized carbons (Fsp3) is 0.500. The van der Waals surface area contributed by atoms with Gasteiger partial charge in [0.2, 0.25) is 0 Å². The highest BCUT2D eigenvalue weighted by molar-refractivity contribution is 7.13. The molecule has 1 rings (SSSR count). The molecule has 0 spiro atoms. The second-order valence-corrected chi connectivity index (χ2v) is 5.11. The van der Waals surface area contributed by atoms with Gasteiger partial charge in [0.05, 0.1) is 5.69 Å². The summed E-state index contributed by atoms with van der Waals surface area (Å²) in [7, 11) is 0. The molecule has 1 heterocycles. The number of allylic oxidation sites excluding steroid dienone is 3. The molecule has 0 unspecified atom stereocenters. The highest BCUT2D eigenvalue weighted by atomic mass is 32.1. The van der Waals surface area contributed by atoms with E-state index in [1.165, 1.54) is 0 Å². The van der Waals surface area contributed by atoms with E-state index in [0.29, 0.717) is 0 Å². The Kier molecular flexibility index (Phi) is 8.13. The number of nitrogens with zero attached hydrogens (tertiary/aromatic N) is 2. The summed E-state index contributed by atoms with van der Waals surface area (Å²) in [5.74, 6) is 5.97. The Morgan fingerprint density at radius 1 is 1.32 bits per heavy atom. The zero-order valence-electron chi connectivity index (χ0n) is 11.5. The molecule has 5 heteroatoms. The van der Waals surface area contributed by atoms with Gasteiger partial charge in [-0.2, -0.15) is 0 Å². The van der Waals surface area contributed by atoms with Crippen molar-refractivity contribution in [3.8, 4) is 0 Å². The minimum Gasteiger partial charge on any atom is -0.396 e. The fourth-order valence-electron chi connectivity index (χ4n) is 1.59. The van der Waals surface area contributed by atoms with Gasteiger partial charge in [-0.05, 0) is 25.8 Å². The van der Waals surface area contributed by atoms with E-state index in [1.807, 2.05) is 36.6 Å². The van der Waals surface area contributed by atoms with Crippen LogP contribution >= 0.6 is 11.3 Å². The van der Waals surface area contributed by atoms with Gasteiger partial charge in [-0.15, -0.1) is 11.3 Å². The van der Waals surface area contributed by atoms with Gasteiger partial charge in [-0.25, -0.2) is 10.8 Å². The molecule has 0 fully saturated rings. The number of aliphatic hydroxyl groups is 1. The minimum atomic E-state index is 0.278. The molecule has 0 saturated heterocycles. The summed E-state index contributed by atoms with van der Waals surface area (Å²) < 4.78 is 0.